The molecule has 13 nitrogen and oxygen atoms in total. The Labute approximate surface area is 184 Å². The first-order chi connectivity index (χ1) is 15.5. The highest BCUT2D eigenvalue weighted by atomic mass is 32.1. The first-order valence-electron chi connectivity index (χ1n) is 8.89. The third-order valence-corrected chi connectivity index (χ3v) is 5.09. The Balaban J connectivity index is 1.62. The van der Waals surface area contributed by atoms with Crippen molar-refractivity contribution in [2.24, 2.45) is 5.10 Å². The van der Waals surface area contributed by atoms with Crippen molar-refractivity contribution in [3.05, 3.63) is 40.9 Å². The second-order valence-corrected chi connectivity index (χ2v) is 7.07. The largest absolute Gasteiger partial charge is 0.502 e. The minimum absolute atomic E-state index is 0.00656. The molecule has 14 heteroatoms. The molecule has 0 aliphatic rings. The molecule has 0 bridgehead atoms. The molecule has 0 aliphatic heterocycles. The lowest BCUT2D eigenvalue weighted by molar-refractivity contribution is 0.0951. The number of rotatable bonds is 7. The maximum Gasteiger partial charge on any atom is 0.294 e. The molecular formula is C18H16N8O5S. The van der Waals surface area contributed by atoms with Crippen molar-refractivity contribution in [2.45, 2.75) is 0 Å². The molecule has 4 rings (SSSR count). The van der Waals surface area contributed by atoms with E-state index < -0.39 is 5.91 Å². The quantitative estimate of drug-likeness (QED) is 0.272. The first-order valence-corrected chi connectivity index (χ1v) is 9.77. The van der Waals surface area contributed by atoms with Gasteiger partial charge in [-0.3, -0.25) is 4.79 Å². The minimum Gasteiger partial charge on any atom is -0.502 e. The van der Waals surface area contributed by atoms with Gasteiger partial charge in [0.05, 0.1) is 25.3 Å². The lowest BCUT2D eigenvalue weighted by Crippen LogP contribution is -2.19. The zero-order chi connectivity index (χ0) is 22.7. The monoisotopic (exact) mass is 456 g/mol. The Kier molecular flexibility index (Phi) is 5.67. The molecule has 0 atom stereocenters. The average Bonchev–Trinajstić information content (AvgIpc) is 3.54. The van der Waals surface area contributed by atoms with Gasteiger partial charge < -0.3 is 20.3 Å². The number of nitrogens with one attached hydrogen (secondary N) is 1. The van der Waals surface area contributed by atoms with Gasteiger partial charge in [0.2, 0.25) is 17.4 Å². The Hall–Kier alpha value is -4.46. The fourth-order valence-electron chi connectivity index (χ4n) is 2.76. The third-order valence-electron chi connectivity index (χ3n) is 4.22. The highest BCUT2D eigenvalue weighted by Crippen LogP contribution is 2.36. The van der Waals surface area contributed by atoms with E-state index in [9.17, 15) is 9.90 Å². The van der Waals surface area contributed by atoms with Crippen LogP contribution in [0.1, 0.15) is 16.1 Å². The molecule has 1 aromatic carbocycles. The molecule has 32 heavy (non-hydrogen) atoms. The summed E-state index contributed by atoms with van der Waals surface area (Å²) in [6, 6.07) is 6.66. The van der Waals surface area contributed by atoms with Crippen LogP contribution < -0.4 is 20.6 Å². The molecule has 0 aliphatic carbocycles. The maximum atomic E-state index is 12.8. The minimum atomic E-state index is -0.622. The lowest BCUT2D eigenvalue weighted by atomic mass is 10.2. The van der Waals surface area contributed by atoms with Gasteiger partial charge in [-0.1, -0.05) is 11.3 Å². The molecule has 0 saturated heterocycles. The Morgan fingerprint density at radius 2 is 2.06 bits per heavy atom. The summed E-state index contributed by atoms with van der Waals surface area (Å²) < 4.78 is 16.1. The standard InChI is InChI=1S/C18H16N8O5S/c1-29-10-6-9(7-11(30-2)15(10)27)8-20-22-18(28)13-14(12-4-3-5-32-12)26(25-21-13)17-16(19)23-31-24-17/h3-8,27H,1-2H3,(H2,19,23)(H,22,28). The van der Waals surface area contributed by atoms with E-state index in [1.807, 2.05) is 11.4 Å². The molecule has 164 valence electrons. The molecule has 4 N–H and O–H groups in total. The number of hydrogen-bond donors (Lipinski definition) is 3. The summed E-state index contributed by atoms with van der Waals surface area (Å²) in [5.41, 5.74) is 9.02. The van der Waals surface area contributed by atoms with Gasteiger partial charge in [0.25, 0.3) is 5.91 Å². The number of aromatic nitrogens is 5. The van der Waals surface area contributed by atoms with Crippen LogP contribution in [0.15, 0.2) is 39.4 Å². The molecule has 0 fully saturated rings. The zero-order valence-electron chi connectivity index (χ0n) is 16.7. The van der Waals surface area contributed by atoms with Crippen molar-refractivity contribution in [3.63, 3.8) is 0 Å². The van der Waals surface area contributed by atoms with E-state index in [1.165, 1.54) is 48.6 Å². The summed E-state index contributed by atoms with van der Waals surface area (Å²) in [6.07, 6.45) is 1.36. The number of phenolic OH excluding ortho intramolecular Hbond substituents is 1. The number of hydrazone groups is 1. The smallest absolute Gasteiger partial charge is 0.294 e. The van der Waals surface area contributed by atoms with Crippen LogP contribution in [0.5, 0.6) is 17.2 Å². The normalized spacial score (nSPS) is 11.1. The van der Waals surface area contributed by atoms with Crippen molar-refractivity contribution in [2.75, 3.05) is 20.0 Å². The predicted molar refractivity (Wildman–Crippen MR) is 113 cm³/mol. The van der Waals surface area contributed by atoms with Crippen LogP contribution in [0, 0.1) is 0 Å². The summed E-state index contributed by atoms with van der Waals surface area (Å²) in [5.74, 6) is -0.281. The van der Waals surface area contributed by atoms with Crippen LogP contribution in [0.3, 0.4) is 0 Å². The van der Waals surface area contributed by atoms with Crippen molar-refractivity contribution in [1.82, 2.24) is 30.7 Å². The van der Waals surface area contributed by atoms with Crippen molar-refractivity contribution >= 4 is 29.3 Å². The van der Waals surface area contributed by atoms with Crippen LogP contribution >= 0.6 is 11.3 Å². The number of nitrogen functional groups attached to an aromatic ring is 1. The van der Waals surface area contributed by atoms with Gasteiger partial charge in [-0.25, -0.2) is 10.1 Å². The molecule has 3 aromatic heterocycles. The number of benzene rings is 1. The SMILES string of the molecule is COc1cc(C=NNC(=O)c2nnn(-c3nonc3N)c2-c2cccs2)cc(OC)c1O. The van der Waals surface area contributed by atoms with Crippen LogP contribution in [-0.4, -0.2) is 56.8 Å². The van der Waals surface area contributed by atoms with Gasteiger partial charge >= 0.3 is 0 Å². The molecular weight excluding hydrogens is 440 g/mol. The van der Waals surface area contributed by atoms with Gasteiger partial charge in [0.1, 0.15) is 5.69 Å². The Morgan fingerprint density at radius 1 is 1.31 bits per heavy atom. The first kappa shape index (κ1) is 20.8. The summed E-state index contributed by atoms with van der Waals surface area (Å²) in [4.78, 5) is 13.5. The molecule has 4 aromatic rings. The van der Waals surface area contributed by atoms with Crippen molar-refractivity contribution in [3.8, 4) is 33.6 Å². The van der Waals surface area contributed by atoms with Crippen molar-refractivity contribution in [1.29, 1.82) is 0 Å². The number of ether oxygens (including phenoxy) is 2. The van der Waals surface area contributed by atoms with Gasteiger partial charge in [-0.15, -0.1) is 16.4 Å². The van der Waals surface area contributed by atoms with E-state index in [-0.39, 0.29) is 34.6 Å². The highest BCUT2D eigenvalue weighted by molar-refractivity contribution is 7.13. The zero-order valence-corrected chi connectivity index (χ0v) is 17.5. The third kappa shape index (κ3) is 3.81. The summed E-state index contributed by atoms with van der Waals surface area (Å²) in [5, 5.41) is 31.0. The summed E-state index contributed by atoms with van der Waals surface area (Å²) in [7, 11) is 2.81. The van der Waals surface area contributed by atoms with Crippen LogP contribution in [0.2, 0.25) is 0 Å². The number of methoxy groups -OCH3 is 2. The predicted octanol–water partition coefficient (Wildman–Crippen LogP) is 1.45. The lowest BCUT2D eigenvalue weighted by Gasteiger charge is -2.09. The fourth-order valence-corrected chi connectivity index (χ4v) is 3.52. The second-order valence-electron chi connectivity index (χ2n) is 6.12. The van der Waals surface area contributed by atoms with E-state index in [2.05, 4.69) is 35.8 Å². The molecule has 0 unspecified atom stereocenters. The average molecular weight is 456 g/mol. The number of carbonyl (C=O) groups is 1. The number of nitrogens with two attached hydrogens (primary N) is 1. The Bertz CT molecular complexity index is 1260. The molecule has 3 heterocycles. The number of nitrogens with zero attached hydrogens (tertiary/aromatic N) is 6. The number of anilines is 1. The molecule has 0 spiro atoms. The van der Waals surface area contributed by atoms with Gasteiger partial charge in [-0.2, -0.15) is 9.78 Å². The number of amides is 1. The number of carbonyl (C=O) groups excluding carboxylic acids is 1. The van der Waals surface area contributed by atoms with E-state index >= 15 is 0 Å². The number of aromatic hydroxyl groups is 1. The van der Waals surface area contributed by atoms with E-state index in [1.54, 1.807) is 6.07 Å². The Morgan fingerprint density at radius 3 is 2.66 bits per heavy atom. The number of phenols is 1. The molecule has 0 saturated carbocycles. The maximum absolute atomic E-state index is 12.8. The van der Waals surface area contributed by atoms with Gasteiger partial charge in [-0.05, 0) is 33.9 Å². The van der Waals surface area contributed by atoms with Crippen LogP contribution in [0.25, 0.3) is 16.4 Å². The highest BCUT2D eigenvalue weighted by Gasteiger charge is 2.25. The van der Waals surface area contributed by atoms with Gasteiger partial charge in [0, 0.05) is 5.56 Å². The summed E-state index contributed by atoms with van der Waals surface area (Å²) >= 11 is 1.37. The number of thiophene rings is 1. The second kappa shape index (κ2) is 8.73. The van der Waals surface area contributed by atoms with Gasteiger partial charge in [0.15, 0.2) is 17.2 Å². The van der Waals surface area contributed by atoms with E-state index in [0.29, 0.717) is 16.1 Å². The van der Waals surface area contributed by atoms with Crippen LogP contribution in [-0.2, 0) is 0 Å². The fraction of sp³-hybridized carbons (Fsp3) is 0.111. The number of hydrogen-bond acceptors (Lipinski definition) is 12. The molecule has 1 amide bonds. The van der Waals surface area contributed by atoms with E-state index in [4.69, 9.17) is 15.2 Å². The van der Waals surface area contributed by atoms with Crippen LogP contribution in [0.4, 0.5) is 5.82 Å². The summed E-state index contributed by atoms with van der Waals surface area (Å²) in [6.45, 7) is 0. The van der Waals surface area contributed by atoms with Crippen molar-refractivity contribution < 1.29 is 24.0 Å². The molecule has 0 radical (unpaired) electrons. The van der Waals surface area contributed by atoms with E-state index in [0.717, 1.165) is 0 Å². The topological polar surface area (TPSA) is 176 Å².